The average molecular weight is 351 g/mol. The molecule has 3 heterocycles. The lowest BCUT2D eigenvalue weighted by Gasteiger charge is -2.07. The second kappa shape index (κ2) is 6.14. The number of amides is 1. The molecular formula is C18H17N5O3. The molecule has 4 rings (SSSR count). The summed E-state index contributed by atoms with van der Waals surface area (Å²) in [6, 6.07) is 5.03. The maximum Gasteiger partial charge on any atom is 0.255 e. The van der Waals surface area contributed by atoms with Gasteiger partial charge in [0.25, 0.3) is 11.9 Å². The Bertz CT molecular complexity index is 995. The lowest BCUT2D eigenvalue weighted by Crippen LogP contribution is -2.13. The van der Waals surface area contributed by atoms with Crippen LogP contribution in [0.4, 0.5) is 5.69 Å². The SMILES string of the molecule is Cc1nn(-c2ncc(NC(=O)c3ccc4c(c3)OCO4)cn2)c(C)c1C. The number of anilines is 1. The molecule has 1 aliphatic rings. The summed E-state index contributed by atoms with van der Waals surface area (Å²) in [5.41, 5.74) is 3.99. The summed E-state index contributed by atoms with van der Waals surface area (Å²) in [6.07, 6.45) is 3.11. The standard InChI is InChI=1S/C18H17N5O3/c1-10-11(2)22-23(12(10)3)18-19-7-14(8-20-18)21-17(24)13-4-5-15-16(6-13)26-9-25-15/h4-8H,9H2,1-3H3,(H,21,24). The quantitative estimate of drug-likeness (QED) is 0.780. The van der Waals surface area contributed by atoms with Gasteiger partial charge >= 0.3 is 0 Å². The molecule has 0 saturated heterocycles. The van der Waals surface area contributed by atoms with Gasteiger partial charge in [-0.3, -0.25) is 4.79 Å². The fourth-order valence-electron chi connectivity index (χ4n) is 2.65. The summed E-state index contributed by atoms with van der Waals surface area (Å²) < 4.78 is 12.2. The minimum atomic E-state index is -0.276. The van der Waals surface area contributed by atoms with Crippen LogP contribution in [-0.2, 0) is 0 Å². The van der Waals surface area contributed by atoms with E-state index in [1.165, 1.54) is 0 Å². The van der Waals surface area contributed by atoms with Gasteiger partial charge in [-0.1, -0.05) is 0 Å². The third kappa shape index (κ3) is 2.75. The highest BCUT2D eigenvalue weighted by Gasteiger charge is 2.17. The van der Waals surface area contributed by atoms with Gasteiger partial charge in [-0.05, 0) is 44.5 Å². The molecule has 1 amide bonds. The summed E-state index contributed by atoms with van der Waals surface area (Å²) in [5, 5.41) is 7.20. The van der Waals surface area contributed by atoms with Crippen molar-refractivity contribution in [1.29, 1.82) is 0 Å². The van der Waals surface area contributed by atoms with Crippen molar-refractivity contribution in [1.82, 2.24) is 19.7 Å². The first-order valence-corrected chi connectivity index (χ1v) is 8.09. The Morgan fingerprint density at radius 3 is 2.54 bits per heavy atom. The Kier molecular flexibility index (Phi) is 3.80. The first kappa shape index (κ1) is 16.1. The van der Waals surface area contributed by atoms with Gasteiger partial charge < -0.3 is 14.8 Å². The predicted molar refractivity (Wildman–Crippen MR) is 93.9 cm³/mol. The molecule has 0 fully saturated rings. The number of benzene rings is 1. The lowest BCUT2D eigenvalue weighted by molar-refractivity contribution is 0.102. The van der Waals surface area contributed by atoms with Crippen molar-refractivity contribution >= 4 is 11.6 Å². The molecule has 8 heteroatoms. The van der Waals surface area contributed by atoms with E-state index in [1.54, 1.807) is 35.3 Å². The minimum Gasteiger partial charge on any atom is -0.454 e. The van der Waals surface area contributed by atoms with Crippen molar-refractivity contribution in [2.45, 2.75) is 20.8 Å². The van der Waals surface area contributed by atoms with Crippen LogP contribution in [0, 0.1) is 20.8 Å². The first-order chi connectivity index (χ1) is 12.5. The van der Waals surface area contributed by atoms with Crippen molar-refractivity contribution in [3.8, 4) is 17.4 Å². The molecule has 0 bridgehead atoms. The van der Waals surface area contributed by atoms with Crippen molar-refractivity contribution in [3.63, 3.8) is 0 Å². The fourth-order valence-corrected chi connectivity index (χ4v) is 2.65. The normalized spacial score (nSPS) is 12.3. The van der Waals surface area contributed by atoms with Crippen molar-refractivity contribution < 1.29 is 14.3 Å². The number of ether oxygens (including phenoxy) is 2. The summed E-state index contributed by atoms with van der Waals surface area (Å²) in [4.78, 5) is 21.0. The molecular weight excluding hydrogens is 334 g/mol. The first-order valence-electron chi connectivity index (χ1n) is 8.09. The van der Waals surface area contributed by atoms with Gasteiger partial charge in [-0.15, -0.1) is 0 Å². The molecule has 0 saturated carbocycles. The van der Waals surface area contributed by atoms with Gasteiger partial charge in [0.05, 0.1) is 23.8 Å². The van der Waals surface area contributed by atoms with Crippen LogP contribution >= 0.6 is 0 Å². The maximum atomic E-state index is 12.4. The monoisotopic (exact) mass is 351 g/mol. The summed E-state index contributed by atoms with van der Waals surface area (Å²) in [7, 11) is 0. The van der Waals surface area contributed by atoms with Crippen LogP contribution in [0.1, 0.15) is 27.3 Å². The van der Waals surface area contributed by atoms with Gasteiger partial charge in [0.15, 0.2) is 11.5 Å². The van der Waals surface area contributed by atoms with Gasteiger partial charge in [0, 0.05) is 11.3 Å². The minimum absolute atomic E-state index is 0.168. The Labute approximate surface area is 149 Å². The van der Waals surface area contributed by atoms with E-state index in [4.69, 9.17) is 9.47 Å². The number of hydrogen-bond donors (Lipinski definition) is 1. The summed E-state index contributed by atoms with van der Waals surface area (Å²) in [5.74, 6) is 1.37. The molecule has 1 aliphatic heterocycles. The molecule has 0 unspecified atom stereocenters. The molecule has 2 aromatic heterocycles. The fraction of sp³-hybridized carbons (Fsp3) is 0.222. The third-order valence-corrected chi connectivity index (χ3v) is 4.37. The molecule has 26 heavy (non-hydrogen) atoms. The maximum absolute atomic E-state index is 12.4. The van der Waals surface area contributed by atoms with E-state index in [0.717, 1.165) is 17.0 Å². The van der Waals surface area contributed by atoms with E-state index >= 15 is 0 Å². The number of carbonyl (C=O) groups excluding carboxylic acids is 1. The van der Waals surface area contributed by atoms with Crippen molar-refractivity contribution in [2.75, 3.05) is 12.1 Å². The third-order valence-electron chi connectivity index (χ3n) is 4.37. The molecule has 3 aromatic rings. The largest absolute Gasteiger partial charge is 0.454 e. The summed E-state index contributed by atoms with van der Waals surface area (Å²) >= 11 is 0. The van der Waals surface area contributed by atoms with Crippen LogP contribution < -0.4 is 14.8 Å². The highest BCUT2D eigenvalue weighted by Crippen LogP contribution is 2.32. The zero-order valence-electron chi connectivity index (χ0n) is 14.6. The zero-order valence-corrected chi connectivity index (χ0v) is 14.6. The van der Waals surface area contributed by atoms with E-state index in [0.29, 0.717) is 28.7 Å². The lowest BCUT2D eigenvalue weighted by atomic mass is 10.2. The highest BCUT2D eigenvalue weighted by atomic mass is 16.7. The number of aromatic nitrogens is 4. The molecule has 0 aliphatic carbocycles. The van der Waals surface area contributed by atoms with Crippen molar-refractivity contribution in [3.05, 3.63) is 53.1 Å². The average Bonchev–Trinajstić information content (AvgIpc) is 3.22. The second-order valence-corrected chi connectivity index (χ2v) is 6.00. The highest BCUT2D eigenvalue weighted by molar-refractivity contribution is 6.04. The molecule has 132 valence electrons. The topological polar surface area (TPSA) is 91.2 Å². The number of hydrogen-bond acceptors (Lipinski definition) is 6. The Balaban J connectivity index is 1.52. The predicted octanol–water partition coefficient (Wildman–Crippen LogP) is 2.57. The van der Waals surface area contributed by atoms with Gasteiger partial charge in [0.2, 0.25) is 6.79 Å². The van der Waals surface area contributed by atoms with E-state index in [9.17, 15) is 4.79 Å². The Morgan fingerprint density at radius 2 is 1.85 bits per heavy atom. The number of fused-ring (bicyclic) bond motifs is 1. The molecule has 8 nitrogen and oxygen atoms in total. The molecule has 1 N–H and O–H groups in total. The Morgan fingerprint density at radius 1 is 1.12 bits per heavy atom. The Hall–Kier alpha value is -3.42. The van der Waals surface area contributed by atoms with Crippen molar-refractivity contribution in [2.24, 2.45) is 0 Å². The van der Waals surface area contributed by atoms with E-state index in [2.05, 4.69) is 20.4 Å². The van der Waals surface area contributed by atoms with Gasteiger partial charge in [-0.2, -0.15) is 5.10 Å². The molecule has 0 atom stereocenters. The second-order valence-electron chi connectivity index (χ2n) is 6.00. The van der Waals surface area contributed by atoms with Crippen LogP contribution in [-0.4, -0.2) is 32.4 Å². The van der Waals surface area contributed by atoms with Crippen LogP contribution in [0.5, 0.6) is 11.5 Å². The van der Waals surface area contributed by atoms with E-state index < -0.39 is 0 Å². The van der Waals surface area contributed by atoms with Gasteiger partial charge in [-0.25, -0.2) is 14.6 Å². The molecule has 0 spiro atoms. The smallest absolute Gasteiger partial charge is 0.255 e. The van der Waals surface area contributed by atoms with Crippen LogP contribution in [0.2, 0.25) is 0 Å². The number of carbonyl (C=O) groups is 1. The van der Waals surface area contributed by atoms with E-state index in [-0.39, 0.29) is 12.7 Å². The number of nitrogens with one attached hydrogen (secondary N) is 1. The van der Waals surface area contributed by atoms with Crippen LogP contribution in [0.3, 0.4) is 0 Å². The van der Waals surface area contributed by atoms with Crippen LogP contribution in [0.25, 0.3) is 5.95 Å². The number of rotatable bonds is 3. The number of aryl methyl sites for hydroxylation is 1. The van der Waals surface area contributed by atoms with Gasteiger partial charge in [0.1, 0.15) is 0 Å². The summed E-state index contributed by atoms with van der Waals surface area (Å²) in [6.45, 7) is 6.09. The molecule has 0 radical (unpaired) electrons. The van der Waals surface area contributed by atoms with Crippen LogP contribution in [0.15, 0.2) is 30.6 Å². The number of nitrogens with zero attached hydrogens (tertiary/aromatic N) is 4. The molecule has 1 aromatic carbocycles. The van der Waals surface area contributed by atoms with E-state index in [1.807, 2.05) is 20.8 Å². The zero-order chi connectivity index (χ0) is 18.3.